The van der Waals surface area contributed by atoms with Gasteiger partial charge in [-0.3, -0.25) is 0 Å². The van der Waals surface area contributed by atoms with Crippen LogP contribution in [0.5, 0.6) is 5.75 Å². The Morgan fingerprint density at radius 2 is 1.83 bits per heavy atom. The van der Waals surface area contributed by atoms with Gasteiger partial charge in [-0.2, -0.15) is 0 Å². The van der Waals surface area contributed by atoms with E-state index in [-0.39, 0.29) is 18.6 Å². The summed E-state index contributed by atoms with van der Waals surface area (Å²) in [6.45, 7) is 4.88. The number of ether oxygens (including phenoxy) is 2. The van der Waals surface area contributed by atoms with Crippen molar-refractivity contribution in [3.05, 3.63) is 77.0 Å². The second kappa shape index (κ2) is 10.1. The predicted octanol–water partition coefficient (Wildman–Crippen LogP) is 4.40. The van der Waals surface area contributed by atoms with Crippen molar-refractivity contribution < 1.29 is 14.3 Å². The van der Waals surface area contributed by atoms with Crippen LogP contribution in [0.25, 0.3) is 0 Å². The van der Waals surface area contributed by atoms with E-state index in [4.69, 9.17) is 21.7 Å². The molecule has 0 fully saturated rings. The molecule has 5 nitrogen and oxygen atoms in total. The highest BCUT2D eigenvalue weighted by Crippen LogP contribution is 2.29. The molecule has 2 aromatic rings. The van der Waals surface area contributed by atoms with Crippen LogP contribution in [0.1, 0.15) is 43.9 Å². The molecule has 0 radical (unpaired) electrons. The molecular formula is C23H26N2O3S. The fourth-order valence-corrected chi connectivity index (χ4v) is 3.38. The van der Waals surface area contributed by atoms with Crippen LogP contribution >= 0.6 is 12.2 Å². The zero-order chi connectivity index (χ0) is 20.6. The number of thiocarbonyl (C=S) groups is 1. The number of allylic oxidation sites excluding steroid dienone is 1. The summed E-state index contributed by atoms with van der Waals surface area (Å²) in [6, 6.07) is 17.0. The van der Waals surface area contributed by atoms with Gasteiger partial charge in [0, 0.05) is 5.70 Å². The van der Waals surface area contributed by atoms with E-state index >= 15 is 0 Å². The monoisotopic (exact) mass is 410 g/mol. The normalized spacial score (nSPS) is 16.1. The van der Waals surface area contributed by atoms with Crippen LogP contribution in [0, 0.1) is 0 Å². The third-order valence-corrected chi connectivity index (χ3v) is 4.90. The summed E-state index contributed by atoms with van der Waals surface area (Å²) < 4.78 is 11.3. The Hall–Kier alpha value is -2.86. The van der Waals surface area contributed by atoms with Crippen LogP contribution in [-0.4, -0.2) is 17.7 Å². The van der Waals surface area contributed by atoms with E-state index in [1.807, 2.05) is 61.5 Å². The number of hydrogen-bond acceptors (Lipinski definition) is 4. The smallest absolute Gasteiger partial charge is 0.338 e. The van der Waals surface area contributed by atoms with Gasteiger partial charge < -0.3 is 20.1 Å². The first-order chi connectivity index (χ1) is 14.1. The summed E-state index contributed by atoms with van der Waals surface area (Å²) in [5.74, 6) is 0.440. The zero-order valence-electron chi connectivity index (χ0n) is 16.7. The van der Waals surface area contributed by atoms with Gasteiger partial charge in [0.2, 0.25) is 0 Å². The average Bonchev–Trinajstić information content (AvgIpc) is 2.73. The molecule has 1 heterocycles. The maximum absolute atomic E-state index is 12.9. The molecule has 152 valence electrons. The lowest BCUT2D eigenvalue weighted by atomic mass is 9.95. The van der Waals surface area contributed by atoms with Gasteiger partial charge in [0.05, 0.1) is 18.2 Å². The van der Waals surface area contributed by atoms with Crippen LogP contribution in [0.3, 0.4) is 0 Å². The molecule has 0 aliphatic carbocycles. The van der Waals surface area contributed by atoms with Crippen LogP contribution in [0.2, 0.25) is 0 Å². The van der Waals surface area contributed by atoms with E-state index in [2.05, 4.69) is 17.6 Å². The van der Waals surface area contributed by atoms with Crippen LogP contribution in [0.15, 0.2) is 65.9 Å². The van der Waals surface area contributed by atoms with Crippen molar-refractivity contribution in [2.24, 2.45) is 0 Å². The first-order valence-electron chi connectivity index (χ1n) is 9.80. The van der Waals surface area contributed by atoms with E-state index in [0.717, 1.165) is 29.7 Å². The summed E-state index contributed by atoms with van der Waals surface area (Å²) >= 11 is 5.30. The van der Waals surface area contributed by atoms with Crippen LogP contribution in [0.4, 0.5) is 0 Å². The van der Waals surface area contributed by atoms with E-state index in [1.54, 1.807) is 0 Å². The molecule has 0 saturated heterocycles. The van der Waals surface area contributed by atoms with E-state index in [0.29, 0.717) is 23.0 Å². The summed E-state index contributed by atoms with van der Waals surface area (Å²) in [4.78, 5) is 12.9. The lowest BCUT2D eigenvalue weighted by Crippen LogP contribution is -2.45. The van der Waals surface area contributed by atoms with Gasteiger partial charge in [-0.1, -0.05) is 55.8 Å². The molecule has 1 aliphatic rings. The summed E-state index contributed by atoms with van der Waals surface area (Å²) in [7, 11) is 0. The van der Waals surface area contributed by atoms with Gasteiger partial charge in [0.15, 0.2) is 5.11 Å². The number of carbonyl (C=O) groups excluding carboxylic acids is 1. The second-order valence-corrected chi connectivity index (χ2v) is 7.31. The minimum atomic E-state index is -0.378. The third-order valence-electron chi connectivity index (χ3n) is 4.68. The van der Waals surface area contributed by atoms with Crippen molar-refractivity contribution in [2.75, 3.05) is 6.61 Å². The summed E-state index contributed by atoms with van der Waals surface area (Å²) in [5, 5.41) is 6.69. The van der Waals surface area contributed by atoms with Crippen molar-refractivity contribution in [3.8, 4) is 5.75 Å². The number of rotatable bonds is 8. The Kier molecular flexibility index (Phi) is 7.25. The number of esters is 1. The van der Waals surface area contributed by atoms with Gasteiger partial charge in [0.25, 0.3) is 0 Å². The molecule has 2 N–H and O–H groups in total. The number of carbonyl (C=O) groups is 1. The SMILES string of the molecule is CCCCOc1ccc([C@H]2NC(=S)NC(C)=C2C(=O)OCc2ccccc2)cc1. The topological polar surface area (TPSA) is 59.6 Å². The van der Waals surface area contributed by atoms with Crippen molar-refractivity contribution in [2.45, 2.75) is 39.3 Å². The molecule has 0 amide bonds. The second-order valence-electron chi connectivity index (χ2n) is 6.90. The fourth-order valence-electron chi connectivity index (χ4n) is 3.11. The van der Waals surface area contributed by atoms with E-state index in [1.165, 1.54) is 0 Å². The Balaban J connectivity index is 1.75. The van der Waals surface area contributed by atoms with Gasteiger partial charge in [-0.25, -0.2) is 4.79 Å². The molecular weight excluding hydrogens is 384 g/mol. The summed E-state index contributed by atoms with van der Waals surface area (Å²) in [6.07, 6.45) is 2.11. The lowest BCUT2D eigenvalue weighted by molar-refractivity contribution is -0.140. The van der Waals surface area contributed by atoms with Crippen LogP contribution in [-0.2, 0) is 16.1 Å². The molecule has 0 saturated carbocycles. The first kappa shape index (κ1) is 20.9. The van der Waals surface area contributed by atoms with E-state index < -0.39 is 0 Å². The Morgan fingerprint density at radius 1 is 1.10 bits per heavy atom. The molecule has 0 bridgehead atoms. The lowest BCUT2D eigenvalue weighted by Gasteiger charge is -2.30. The molecule has 1 atom stereocenters. The molecule has 0 spiro atoms. The van der Waals surface area contributed by atoms with Gasteiger partial charge in [-0.05, 0) is 48.8 Å². The Bertz CT molecular complexity index is 879. The molecule has 0 aromatic heterocycles. The highest BCUT2D eigenvalue weighted by atomic mass is 32.1. The van der Waals surface area contributed by atoms with Crippen LogP contribution < -0.4 is 15.4 Å². The maximum atomic E-state index is 12.9. The Labute approximate surface area is 177 Å². The molecule has 0 unspecified atom stereocenters. The van der Waals surface area contributed by atoms with Crippen molar-refractivity contribution in [1.29, 1.82) is 0 Å². The van der Waals surface area contributed by atoms with Crippen molar-refractivity contribution in [3.63, 3.8) is 0 Å². The van der Waals surface area contributed by atoms with Gasteiger partial charge in [0.1, 0.15) is 12.4 Å². The quantitative estimate of drug-likeness (QED) is 0.382. The molecule has 6 heteroatoms. The number of unbranched alkanes of at least 4 members (excludes halogenated alkanes) is 1. The number of nitrogens with one attached hydrogen (secondary N) is 2. The molecule has 1 aliphatic heterocycles. The van der Waals surface area contributed by atoms with Crippen molar-refractivity contribution in [1.82, 2.24) is 10.6 Å². The predicted molar refractivity (Wildman–Crippen MR) is 117 cm³/mol. The highest BCUT2D eigenvalue weighted by Gasteiger charge is 2.31. The minimum Gasteiger partial charge on any atom is -0.494 e. The maximum Gasteiger partial charge on any atom is 0.338 e. The molecule has 3 rings (SSSR count). The molecule has 29 heavy (non-hydrogen) atoms. The summed E-state index contributed by atoms with van der Waals surface area (Å²) in [5.41, 5.74) is 3.08. The number of hydrogen-bond donors (Lipinski definition) is 2. The zero-order valence-corrected chi connectivity index (χ0v) is 17.6. The number of benzene rings is 2. The largest absolute Gasteiger partial charge is 0.494 e. The van der Waals surface area contributed by atoms with E-state index in [9.17, 15) is 4.79 Å². The standard InChI is InChI=1S/C23H26N2O3S/c1-3-4-14-27-19-12-10-18(11-13-19)21-20(16(2)24-23(29)25-21)22(26)28-15-17-8-6-5-7-9-17/h5-13,21H,3-4,14-15H2,1-2H3,(H2,24,25,29)/t21-/m1/s1. The third kappa shape index (κ3) is 5.57. The highest BCUT2D eigenvalue weighted by molar-refractivity contribution is 7.80. The first-order valence-corrected chi connectivity index (χ1v) is 10.2. The minimum absolute atomic E-state index is 0.220. The fraction of sp³-hybridized carbons (Fsp3) is 0.304. The van der Waals surface area contributed by atoms with Crippen molar-refractivity contribution >= 4 is 23.3 Å². The average molecular weight is 411 g/mol. The van der Waals surface area contributed by atoms with Gasteiger partial charge >= 0.3 is 5.97 Å². The Morgan fingerprint density at radius 3 is 2.52 bits per heavy atom. The van der Waals surface area contributed by atoms with Gasteiger partial charge in [-0.15, -0.1) is 0 Å². The molecule has 2 aromatic carbocycles.